The van der Waals surface area contributed by atoms with Crippen LogP contribution in [0.1, 0.15) is 23.7 Å². The highest BCUT2D eigenvalue weighted by Crippen LogP contribution is 2.18. The lowest BCUT2D eigenvalue weighted by molar-refractivity contribution is 0.0953. The fourth-order valence-electron chi connectivity index (χ4n) is 1.29. The minimum Gasteiger partial charge on any atom is -0.494 e. The Morgan fingerprint density at radius 3 is 2.88 bits per heavy atom. The lowest BCUT2D eigenvalue weighted by Gasteiger charge is -2.08. The van der Waals surface area contributed by atoms with Crippen LogP contribution in [0.3, 0.4) is 0 Å². The summed E-state index contributed by atoms with van der Waals surface area (Å²) >= 11 is 3.39. The zero-order valence-electron chi connectivity index (χ0n) is 9.80. The molecule has 0 aliphatic heterocycles. The van der Waals surface area contributed by atoms with E-state index in [1.165, 1.54) is 25.3 Å². The van der Waals surface area contributed by atoms with Gasteiger partial charge in [0.05, 0.1) is 7.11 Å². The first-order valence-corrected chi connectivity index (χ1v) is 6.22. The molecule has 0 saturated carbocycles. The van der Waals surface area contributed by atoms with E-state index >= 15 is 0 Å². The Kier molecular flexibility index (Phi) is 5.41. The first kappa shape index (κ1) is 14.0. The first-order chi connectivity index (χ1) is 8.04. The zero-order valence-corrected chi connectivity index (χ0v) is 11.4. The van der Waals surface area contributed by atoms with E-state index in [1.807, 2.05) is 6.92 Å². The Balaban J connectivity index is 2.63. The number of rotatable bonds is 5. The van der Waals surface area contributed by atoms with Gasteiger partial charge in [-0.3, -0.25) is 4.79 Å². The second-order valence-corrected chi connectivity index (χ2v) is 5.24. The van der Waals surface area contributed by atoms with Crippen molar-refractivity contribution in [3.63, 3.8) is 0 Å². The fourth-order valence-corrected chi connectivity index (χ4v) is 1.52. The number of hydrogen-bond acceptors (Lipinski definition) is 2. The van der Waals surface area contributed by atoms with Gasteiger partial charge in [0.15, 0.2) is 11.6 Å². The molecule has 3 nitrogen and oxygen atoms in total. The maximum atomic E-state index is 13.1. The smallest absolute Gasteiger partial charge is 0.251 e. The minimum atomic E-state index is -0.474. The summed E-state index contributed by atoms with van der Waals surface area (Å²) in [6.45, 7) is 2.58. The van der Waals surface area contributed by atoms with E-state index in [0.717, 1.165) is 6.42 Å². The topological polar surface area (TPSA) is 38.3 Å². The van der Waals surface area contributed by atoms with Crippen molar-refractivity contribution in [3.8, 4) is 5.75 Å². The predicted molar refractivity (Wildman–Crippen MR) is 68.3 cm³/mol. The van der Waals surface area contributed by atoms with Gasteiger partial charge in [-0.15, -0.1) is 0 Å². The standard InChI is InChI=1S/C12H15BrFNO2/c1-8(13)5-6-15-12(16)9-3-4-10(14)11(7-9)17-2/h3-4,7-8H,5-6H2,1-2H3,(H,15,16). The van der Waals surface area contributed by atoms with Crippen molar-refractivity contribution >= 4 is 21.8 Å². The van der Waals surface area contributed by atoms with Crippen LogP contribution in [-0.2, 0) is 0 Å². The van der Waals surface area contributed by atoms with Crippen molar-refractivity contribution in [2.75, 3.05) is 13.7 Å². The number of benzene rings is 1. The molecule has 1 N–H and O–H groups in total. The molecule has 0 radical (unpaired) electrons. The monoisotopic (exact) mass is 303 g/mol. The molecule has 0 aliphatic rings. The molecular formula is C12H15BrFNO2. The molecule has 0 fully saturated rings. The highest BCUT2D eigenvalue weighted by atomic mass is 79.9. The van der Waals surface area contributed by atoms with E-state index in [4.69, 9.17) is 4.74 Å². The molecule has 0 spiro atoms. The van der Waals surface area contributed by atoms with Gasteiger partial charge < -0.3 is 10.1 Å². The molecule has 1 amide bonds. The van der Waals surface area contributed by atoms with Crippen molar-refractivity contribution in [1.82, 2.24) is 5.32 Å². The SMILES string of the molecule is COc1cc(C(=O)NCCC(C)Br)ccc1F. The van der Waals surface area contributed by atoms with Gasteiger partial charge in [0.2, 0.25) is 0 Å². The van der Waals surface area contributed by atoms with Crippen molar-refractivity contribution < 1.29 is 13.9 Å². The second-order valence-electron chi connectivity index (χ2n) is 3.67. The van der Waals surface area contributed by atoms with Crippen LogP contribution in [0.25, 0.3) is 0 Å². The third-order valence-corrected chi connectivity index (χ3v) is 2.70. The van der Waals surface area contributed by atoms with Crippen LogP contribution in [0, 0.1) is 5.82 Å². The average Bonchev–Trinajstić information content (AvgIpc) is 2.29. The summed E-state index contributed by atoms with van der Waals surface area (Å²) in [7, 11) is 1.37. The van der Waals surface area contributed by atoms with Crippen LogP contribution in [-0.4, -0.2) is 24.4 Å². The van der Waals surface area contributed by atoms with E-state index in [-0.39, 0.29) is 11.7 Å². The number of alkyl halides is 1. The summed E-state index contributed by atoms with van der Waals surface area (Å²) in [6.07, 6.45) is 0.837. The van der Waals surface area contributed by atoms with E-state index in [1.54, 1.807) is 0 Å². The number of ether oxygens (including phenoxy) is 1. The second kappa shape index (κ2) is 6.59. The minimum absolute atomic E-state index is 0.0755. The van der Waals surface area contributed by atoms with Crippen molar-refractivity contribution in [3.05, 3.63) is 29.6 Å². The highest BCUT2D eigenvalue weighted by molar-refractivity contribution is 9.09. The molecule has 1 unspecified atom stereocenters. The molecule has 0 aliphatic carbocycles. The third kappa shape index (κ3) is 4.34. The number of methoxy groups -OCH3 is 1. The maximum Gasteiger partial charge on any atom is 0.251 e. The van der Waals surface area contributed by atoms with Crippen LogP contribution >= 0.6 is 15.9 Å². The summed E-state index contributed by atoms with van der Waals surface area (Å²) in [5, 5.41) is 2.75. The summed E-state index contributed by atoms with van der Waals surface area (Å²) in [5.41, 5.74) is 0.394. The molecule has 1 atom stereocenters. The Hall–Kier alpha value is -1.10. The number of nitrogens with one attached hydrogen (secondary N) is 1. The number of halogens is 2. The fraction of sp³-hybridized carbons (Fsp3) is 0.417. The number of hydrogen-bond donors (Lipinski definition) is 1. The number of carbonyl (C=O) groups is 1. The molecule has 0 bridgehead atoms. The molecule has 5 heteroatoms. The van der Waals surface area contributed by atoms with Gasteiger partial charge in [0.1, 0.15) is 0 Å². The van der Waals surface area contributed by atoms with Crippen LogP contribution in [0.5, 0.6) is 5.75 Å². The summed E-state index contributed by atoms with van der Waals surface area (Å²) in [4.78, 5) is 12.1. The highest BCUT2D eigenvalue weighted by Gasteiger charge is 2.09. The Bertz CT molecular complexity index is 396. The van der Waals surface area contributed by atoms with Gasteiger partial charge in [0.25, 0.3) is 5.91 Å². The zero-order chi connectivity index (χ0) is 12.8. The van der Waals surface area contributed by atoms with Gasteiger partial charge in [-0.1, -0.05) is 22.9 Å². The van der Waals surface area contributed by atoms with Crippen molar-refractivity contribution in [2.45, 2.75) is 18.2 Å². The van der Waals surface area contributed by atoms with Gasteiger partial charge in [-0.05, 0) is 24.6 Å². The van der Waals surface area contributed by atoms with Crippen molar-refractivity contribution in [2.24, 2.45) is 0 Å². The van der Waals surface area contributed by atoms with Gasteiger partial charge in [0, 0.05) is 16.9 Å². The molecule has 17 heavy (non-hydrogen) atoms. The number of amides is 1. The Morgan fingerprint density at radius 2 is 2.29 bits per heavy atom. The molecule has 0 saturated heterocycles. The van der Waals surface area contributed by atoms with Crippen LogP contribution in [0.2, 0.25) is 0 Å². The van der Waals surface area contributed by atoms with E-state index in [9.17, 15) is 9.18 Å². The first-order valence-electron chi connectivity index (χ1n) is 5.30. The molecular weight excluding hydrogens is 289 g/mol. The predicted octanol–water partition coefficient (Wildman–Crippen LogP) is 2.74. The molecule has 0 heterocycles. The van der Waals surface area contributed by atoms with Gasteiger partial charge >= 0.3 is 0 Å². The van der Waals surface area contributed by atoms with Crippen LogP contribution in [0.4, 0.5) is 4.39 Å². The molecule has 94 valence electrons. The summed E-state index contributed by atoms with van der Waals surface area (Å²) in [6, 6.07) is 4.05. The summed E-state index contributed by atoms with van der Waals surface area (Å²) < 4.78 is 17.9. The van der Waals surface area contributed by atoms with E-state index in [0.29, 0.717) is 16.9 Å². The molecule has 1 aromatic rings. The Labute approximate surface area is 108 Å². The molecule has 0 aromatic heterocycles. The van der Waals surface area contributed by atoms with E-state index < -0.39 is 5.82 Å². The van der Waals surface area contributed by atoms with Crippen molar-refractivity contribution in [1.29, 1.82) is 0 Å². The molecule has 1 rings (SSSR count). The maximum absolute atomic E-state index is 13.1. The lowest BCUT2D eigenvalue weighted by atomic mass is 10.2. The van der Waals surface area contributed by atoms with Crippen LogP contribution < -0.4 is 10.1 Å². The van der Waals surface area contributed by atoms with Gasteiger partial charge in [-0.25, -0.2) is 4.39 Å². The average molecular weight is 304 g/mol. The van der Waals surface area contributed by atoms with E-state index in [2.05, 4.69) is 21.2 Å². The van der Waals surface area contributed by atoms with Gasteiger partial charge in [-0.2, -0.15) is 0 Å². The largest absolute Gasteiger partial charge is 0.494 e. The lowest BCUT2D eigenvalue weighted by Crippen LogP contribution is -2.25. The normalized spacial score (nSPS) is 12.0. The molecule has 1 aromatic carbocycles. The number of carbonyl (C=O) groups excluding carboxylic acids is 1. The van der Waals surface area contributed by atoms with Crippen LogP contribution in [0.15, 0.2) is 18.2 Å². The summed E-state index contributed by atoms with van der Waals surface area (Å²) in [5.74, 6) is -0.624. The Morgan fingerprint density at radius 1 is 1.59 bits per heavy atom. The quantitative estimate of drug-likeness (QED) is 0.850. The third-order valence-electron chi connectivity index (χ3n) is 2.24.